The zero-order valence-corrected chi connectivity index (χ0v) is 13.6. The minimum atomic E-state index is -0.453. The Bertz CT molecular complexity index is 551. The van der Waals surface area contributed by atoms with Crippen molar-refractivity contribution in [1.82, 2.24) is 0 Å². The maximum Gasteiger partial charge on any atom is 0.183 e. The second-order valence-electron chi connectivity index (χ2n) is 5.75. The summed E-state index contributed by atoms with van der Waals surface area (Å²) in [6.45, 7) is 2.03. The zero-order valence-electron chi connectivity index (χ0n) is 13.6. The monoisotopic (exact) mass is 330 g/mol. The number of hydrogen-bond acceptors (Lipinski definition) is 5. The fourth-order valence-corrected chi connectivity index (χ4v) is 2.43. The van der Waals surface area contributed by atoms with Gasteiger partial charge in [0.2, 0.25) is 0 Å². The van der Waals surface area contributed by atoms with Gasteiger partial charge in [0, 0.05) is 5.56 Å². The van der Waals surface area contributed by atoms with Crippen LogP contribution in [0.5, 0.6) is 0 Å². The topological polar surface area (TPSA) is 57.2 Å². The lowest BCUT2D eigenvalue weighted by Gasteiger charge is -2.39. The van der Waals surface area contributed by atoms with Gasteiger partial charge in [0.25, 0.3) is 0 Å². The van der Waals surface area contributed by atoms with Crippen LogP contribution in [0.4, 0.5) is 0 Å². The first-order valence-corrected chi connectivity index (χ1v) is 7.68. The van der Waals surface area contributed by atoms with Crippen LogP contribution in [0.2, 0.25) is 0 Å². The van der Waals surface area contributed by atoms with E-state index in [9.17, 15) is 0 Å². The predicted molar refractivity (Wildman–Crippen MR) is 88.7 cm³/mol. The standard InChI is InChI=1S/C19H22O5/c1-3-9-21-12-19(13-22-10-4-2)14-23-18(24-15-19)17-7-5-16(11-20)6-8-17/h1-2,5-8,18,20H,9-15H2. The Kier molecular flexibility index (Phi) is 7.27. The fraction of sp³-hybridized carbons (Fsp3) is 0.474. The molecule has 1 aliphatic heterocycles. The minimum absolute atomic E-state index is 0.00874. The van der Waals surface area contributed by atoms with E-state index in [2.05, 4.69) is 11.8 Å². The van der Waals surface area contributed by atoms with Crippen LogP contribution in [-0.2, 0) is 25.6 Å². The summed E-state index contributed by atoms with van der Waals surface area (Å²) in [5, 5.41) is 9.09. The lowest BCUT2D eigenvalue weighted by Crippen LogP contribution is -2.46. The van der Waals surface area contributed by atoms with Gasteiger partial charge in [-0.05, 0) is 5.56 Å². The Morgan fingerprint density at radius 3 is 2.04 bits per heavy atom. The Balaban J connectivity index is 1.95. The summed E-state index contributed by atoms with van der Waals surface area (Å²) in [6, 6.07) is 7.45. The van der Waals surface area contributed by atoms with Gasteiger partial charge < -0.3 is 24.1 Å². The molecule has 0 unspecified atom stereocenters. The molecular weight excluding hydrogens is 308 g/mol. The number of rotatable bonds is 8. The van der Waals surface area contributed by atoms with E-state index in [4.69, 9.17) is 36.9 Å². The molecule has 0 amide bonds. The van der Waals surface area contributed by atoms with Crippen molar-refractivity contribution in [3.8, 4) is 24.7 Å². The largest absolute Gasteiger partial charge is 0.392 e. The number of hydrogen-bond donors (Lipinski definition) is 1. The summed E-state index contributed by atoms with van der Waals surface area (Å²) >= 11 is 0. The summed E-state index contributed by atoms with van der Waals surface area (Å²) < 4.78 is 22.7. The molecule has 24 heavy (non-hydrogen) atoms. The first-order valence-electron chi connectivity index (χ1n) is 7.68. The maximum absolute atomic E-state index is 9.09. The Morgan fingerprint density at radius 1 is 1.04 bits per heavy atom. The summed E-state index contributed by atoms with van der Waals surface area (Å²) in [7, 11) is 0. The molecule has 1 heterocycles. The maximum atomic E-state index is 9.09. The minimum Gasteiger partial charge on any atom is -0.392 e. The number of aliphatic hydroxyl groups excluding tert-OH is 1. The molecule has 5 heteroatoms. The Labute approximate surface area is 142 Å². The van der Waals surface area contributed by atoms with Crippen molar-refractivity contribution in [3.63, 3.8) is 0 Å². The molecule has 1 aromatic carbocycles. The van der Waals surface area contributed by atoms with Gasteiger partial charge in [0.1, 0.15) is 13.2 Å². The van der Waals surface area contributed by atoms with E-state index in [0.717, 1.165) is 11.1 Å². The van der Waals surface area contributed by atoms with Crippen molar-refractivity contribution in [2.45, 2.75) is 12.9 Å². The number of aliphatic hydroxyl groups is 1. The van der Waals surface area contributed by atoms with Gasteiger partial charge in [-0.25, -0.2) is 0 Å². The highest BCUT2D eigenvalue weighted by atomic mass is 16.7. The molecule has 0 radical (unpaired) electrons. The van der Waals surface area contributed by atoms with Crippen molar-refractivity contribution < 1.29 is 24.1 Å². The van der Waals surface area contributed by atoms with Crippen LogP contribution in [0.15, 0.2) is 24.3 Å². The first kappa shape index (κ1) is 18.5. The molecule has 0 bridgehead atoms. The van der Waals surface area contributed by atoms with Crippen LogP contribution in [0.1, 0.15) is 17.4 Å². The van der Waals surface area contributed by atoms with Gasteiger partial charge in [0.15, 0.2) is 6.29 Å². The van der Waals surface area contributed by atoms with Gasteiger partial charge in [-0.15, -0.1) is 12.8 Å². The van der Waals surface area contributed by atoms with E-state index < -0.39 is 11.7 Å². The highest BCUT2D eigenvalue weighted by Gasteiger charge is 2.38. The molecular formula is C19H22O5. The Hall–Kier alpha value is -1.86. The van der Waals surface area contributed by atoms with Gasteiger partial charge >= 0.3 is 0 Å². The predicted octanol–water partition coefficient (Wildman–Crippen LogP) is 1.51. The van der Waals surface area contributed by atoms with Crippen LogP contribution in [0.25, 0.3) is 0 Å². The fourth-order valence-electron chi connectivity index (χ4n) is 2.43. The van der Waals surface area contributed by atoms with E-state index in [1.807, 2.05) is 24.3 Å². The van der Waals surface area contributed by atoms with Crippen LogP contribution in [0.3, 0.4) is 0 Å². The molecule has 0 aliphatic carbocycles. The summed E-state index contributed by atoms with van der Waals surface area (Å²) in [6.07, 6.45) is 9.98. The van der Waals surface area contributed by atoms with E-state index in [1.54, 1.807) is 0 Å². The molecule has 0 saturated carbocycles. The number of benzene rings is 1. The van der Waals surface area contributed by atoms with E-state index >= 15 is 0 Å². The molecule has 0 spiro atoms. The molecule has 5 nitrogen and oxygen atoms in total. The number of terminal acetylenes is 2. The van der Waals surface area contributed by atoms with Crippen molar-refractivity contribution in [2.75, 3.05) is 39.6 Å². The van der Waals surface area contributed by atoms with Crippen molar-refractivity contribution in [3.05, 3.63) is 35.4 Å². The third kappa shape index (κ3) is 5.07. The average Bonchev–Trinajstić information content (AvgIpc) is 2.63. The second kappa shape index (κ2) is 9.44. The molecule has 1 aromatic rings. The average molecular weight is 330 g/mol. The SMILES string of the molecule is C#CCOCC1(COCC#C)COC(c2ccc(CO)cc2)OC1. The van der Waals surface area contributed by atoms with Crippen molar-refractivity contribution >= 4 is 0 Å². The van der Waals surface area contributed by atoms with Gasteiger partial charge in [-0.1, -0.05) is 36.1 Å². The van der Waals surface area contributed by atoms with Crippen LogP contribution in [0, 0.1) is 30.1 Å². The zero-order chi connectivity index (χ0) is 17.3. The molecule has 2 rings (SSSR count). The summed E-state index contributed by atoms with van der Waals surface area (Å²) in [5.41, 5.74) is 1.30. The third-order valence-corrected chi connectivity index (χ3v) is 3.70. The van der Waals surface area contributed by atoms with Crippen molar-refractivity contribution in [1.29, 1.82) is 0 Å². The van der Waals surface area contributed by atoms with E-state index in [0.29, 0.717) is 26.4 Å². The highest BCUT2D eigenvalue weighted by Crippen LogP contribution is 2.32. The molecule has 0 atom stereocenters. The molecule has 1 N–H and O–H groups in total. The lowest BCUT2D eigenvalue weighted by molar-refractivity contribution is -0.253. The van der Waals surface area contributed by atoms with Gasteiger partial charge in [-0.2, -0.15) is 0 Å². The van der Waals surface area contributed by atoms with Gasteiger partial charge in [0.05, 0.1) is 38.4 Å². The smallest absolute Gasteiger partial charge is 0.183 e. The lowest BCUT2D eigenvalue weighted by atomic mass is 9.91. The van der Waals surface area contributed by atoms with E-state index in [-0.39, 0.29) is 19.8 Å². The molecule has 1 saturated heterocycles. The van der Waals surface area contributed by atoms with Crippen LogP contribution in [-0.4, -0.2) is 44.7 Å². The Morgan fingerprint density at radius 2 is 1.58 bits per heavy atom. The van der Waals surface area contributed by atoms with Crippen molar-refractivity contribution in [2.24, 2.45) is 5.41 Å². The normalized spacial score (nSPS) is 17.1. The molecule has 1 aliphatic rings. The highest BCUT2D eigenvalue weighted by molar-refractivity contribution is 5.23. The molecule has 0 aromatic heterocycles. The molecule has 1 fully saturated rings. The van der Waals surface area contributed by atoms with Crippen LogP contribution < -0.4 is 0 Å². The summed E-state index contributed by atoms with van der Waals surface area (Å²) in [4.78, 5) is 0. The quantitative estimate of drug-likeness (QED) is 0.578. The third-order valence-electron chi connectivity index (χ3n) is 3.70. The summed E-state index contributed by atoms with van der Waals surface area (Å²) in [5.74, 6) is 4.88. The van der Waals surface area contributed by atoms with Gasteiger partial charge in [-0.3, -0.25) is 0 Å². The second-order valence-corrected chi connectivity index (χ2v) is 5.75. The number of ether oxygens (including phenoxy) is 4. The first-order chi connectivity index (χ1) is 11.7. The molecule has 128 valence electrons. The van der Waals surface area contributed by atoms with Crippen LogP contribution >= 0.6 is 0 Å². The van der Waals surface area contributed by atoms with E-state index in [1.165, 1.54) is 0 Å².